The first-order valence-electron chi connectivity index (χ1n) is 5.17. The molecule has 0 saturated carbocycles. The molecule has 0 amide bonds. The molecule has 0 radical (unpaired) electrons. The fourth-order valence-electron chi connectivity index (χ4n) is 1.69. The molecule has 0 atom stereocenters. The Morgan fingerprint density at radius 2 is 2.11 bits per heavy atom. The van der Waals surface area contributed by atoms with Crippen LogP contribution in [0, 0.1) is 0 Å². The SMILES string of the molecule is COC(=O)c1cc(Br)cc(-c2ccco2)c1OC. The Kier molecular flexibility index (Phi) is 3.72. The van der Waals surface area contributed by atoms with E-state index >= 15 is 0 Å². The number of halogens is 1. The standard InChI is InChI=1S/C13H11BrO4/c1-16-12-9(11-4-3-5-18-11)6-8(14)7-10(12)13(15)17-2/h3-7H,1-2H3. The fraction of sp³-hybridized carbons (Fsp3) is 0.154. The van der Waals surface area contributed by atoms with Crippen molar-refractivity contribution in [2.24, 2.45) is 0 Å². The Morgan fingerprint density at radius 3 is 2.67 bits per heavy atom. The smallest absolute Gasteiger partial charge is 0.341 e. The minimum absolute atomic E-state index is 0.348. The van der Waals surface area contributed by atoms with Crippen molar-refractivity contribution in [2.45, 2.75) is 0 Å². The summed E-state index contributed by atoms with van der Waals surface area (Å²) in [6, 6.07) is 7.04. The highest BCUT2D eigenvalue weighted by Crippen LogP contribution is 2.36. The number of furan rings is 1. The number of ether oxygens (including phenoxy) is 2. The lowest BCUT2D eigenvalue weighted by atomic mass is 10.1. The highest BCUT2D eigenvalue weighted by atomic mass is 79.9. The van der Waals surface area contributed by atoms with Crippen LogP contribution in [0.2, 0.25) is 0 Å². The van der Waals surface area contributed by atoms with E-state index in [4.69, 9.17) is 13.9 Å². The summed E-state index contributed by atoms with van der Waals surface area (Å²) in [5, 5.41) is 0. The number of hydrogen-bond acceptors (Lipinski definition) is 4. The minimum Gasteiger partial charge on any atom is -0.495 e. The van der Waals surface area contributed by atoms with Crippen LogP contribution in [0.25, 0.3) is 11.3 Å². The van der Waals surface area contributed by atoms with Crippen LogP contribution in [0.3, 0.4) is 0 Å². The molecule has 5 heteroatoms. The summed E-state index contributed by atoms with van der Waals surface area (Å²) in [5.74, 6) is 0.597. The average molecular weight is 311 g/mol. The van der Waals surface area contributed by atoms with Gasteiger partial charge in [0.25, 0.3) is 0 Å². The van der Waals surface area contributed by atoms with E-state index in [0.717, 1.165) is 4.47 Å². The van der Waals surface area contributed by atoms with Gasteiger partial charge in [-0.2, -0.15) is 0 Å². The van der Waals surface area contributed by atoms with E-state index in [-0.39, 0.29) is 0 Å². The van der Waals surface area contributed by atoms with E-state index < -0.39 is 5.97 Å². The monoisotopic (exact) mass is 310 g/mol. The second kappa shape index (κ2) is 5.27. The third-order valence-corrected chi connectivity index (χ3v) is 2.91. The summed E-state index contributed by atoms with van der Waals surface area (Å²) in [6.45, 7) is 0. The molecule has 2 aromatic rings. The molecule has 0 N–H and O–H groups in total. The summed E-state index contributed by atoms with van der Waals surface area (Å²) in [7, 11) is 2.83. The van der Waals surface area contributed by atoms with Crippen LogP contribution >= 0.6 is 15.9 Å². The molecule has 0 saturated heterocycles. The third kappa shape index (κ3) is 2.26. The van der Waals surface area contributed by atoms with E-state index in [0.29, 0.717) is 22.6 Å². The van der Waals surface area contributed by atoms with Crippen molar-refractivity contribution in [3.63, 3.8) is 0 Å². The molecule has 94 valence electrons. The van der Waals surface area contributed by atoms with Gasteiger partial charge in [0.1, 0.15) is 17.1 Å². The van der Waals surface area contributed by atoms with E-state index in [2.05, 4.69) is 15.9 Å². The van der Waals surface area contributed by atoms with Gasteiger partial charge in [-0.25, -0.2) is 4.79 Å². The minimum atomic E-state index is -0.457. The zero-order valence-electron chi connectivity index (χ0n) is 9.90. The van der Waals surface area contributed by atoms with Crippen LogP contribution in [0.5, 0.6) is 5.75 Å². The summed E-state index contributed by atoms with van der Waals surface area (Å²) in [4.78, 5) is 11.7. The van der Waals surface area contributed by atoms with Crippen LogP contribution in [-0.2, 0) is 4.74 Å². The highest BCUT2D eigenvalue weighted by Gasteiger charge is 2.20. The van der Waals surface area contributed by atoms with Crippen molar-refractivity contribution in [3.8, 4) is 17.1 Å². The molecule has 18 heavy (non-hydrogen) atoms. The van der Waals surface area contributed by atoms with Crippen molar-refractivity contribution < 1.29 is 18.7 Å². The largest absolute Gasteiger partial charge is 0.495 e. The molecule has 0 aliphatic rings. The Balaban J connectivity index is 2.66. The lowest BCUT2D eigenvalue weighted by molar-refractivity contribution is 0.0597. The maximum Gasteiger partial charge on any atom is 0.341 e. The van der Waals surface area contributed by atoms with Crippen molar-refractivity contribution >= 4 is 21.9 Å². The number of methoxy groups -OCH3 is 2. The van der Waals surface area contributed by atoms with E-state index in [9.17, 15) is 4.79 Å². The van der Waals surface area contributed by atoms with Gasteiger partial charge in [0, 0.05) is 4.47 Å². The fourth-order valence-corrected chi connectivity index (χ4v) is 2.15. The van der Waals surface area contributed by atoms with E-state index in [1.165, 1.54) is 14.2 Å². The summed E-state index contributed by atoms with van der Waals surface area (Å²) >= 11 is 3.35. The maximum absolute atomic E-state index is 11.7. The van der Waals surface area contributed by atoms with Crippen LogP contribution in [0.15, 0.2) is 39.4 Å². The molecule has 2 rings (SSSR count). The molecule has 0 unspecified atom stereocenters. The number of carbonyl (C=O) groups is 1. The number of hydrogen-bond donors (Lipinski definition) is 0. The Morgan fingerprint density at radius 1 is 1.33 bits per heavy atom. The molecule has 0 fully saturated rings. The lowest BCUT2D eigenvalue weighted by Gasteiger charge is -2.11. The highest BCUT2D eigenvalue weighted by molar-refractivity contribution is 9.10. The van der Waals surface area contributed by atoms with E-state index in [1.54, 1.807) is 24.5 Å². The van der Waals surface area contributed by atoms with Gasteiger partial charge in [-0.15, -0.1) is 0 Å². The van der Waals surface area contributed by atoms with Gasteiger partial charge in [0.05, 0.1) is 26.0 Å². The molecule has 1 heterocycles. The Labute approximate surface area is 113 Å². The van der Waals surface area contributed by atoms with Crippen LogP contribution in [-0.4, -0.2) is 20.2 Å². The molecule has 1 aromatic carbocycles. The van der Waals surface area contributed by atoms with Gasteiger partial charge in [-0.05, 0) is 24.3 Å². The van der Waals surface area contributed by atoms with Gasteiger partial charge in [-0.3, -0.25) is 0 Å². The van der Waals surface area contributed by atoms with Crippen molar-refractivity contribution in [1.29, 1.82) is 0 Å². The second-order valence-corrected chi connectivity index (χ2v) is 4.42. The average Bonchev–Trinajstić information content (AvgIpc) is 2.90. The van der Waals surface area contributed by atoms with Crippen LogP contribution in [0.4, 0.5) is 0 Å². The predicted octanol–water partition coefficient (Wildman–Crippen LogP) is 3.50. The predicted molar refractivity (Wildman–Crippen MR) is 69.7 cm³/mol. The Hall–Kier alpha value is -1.75. The van der Waals surface area contributed by atoms with Crippen molar-refractivity contribution in [1.82, 2.24) is 0 Å². The molecular formula is C13H11BrO4. The summed E-state index contributed by atoms with van der Waals surface area (Å²) in [6.07, 6.45) is 1.56. The van der Waals surface area contributed by atoms with Gasteiger partial charge >= 0.3 is 5.97 Å². The van der Waals surface area contributed by atoms with Crippen molar-refractivity contribution in [2.75, 3.05) is 14.2 Å². The van der Waals surface area contributed by atoms with Crippen LogP contribution < -0.4 is 4.74 Å². The summed E-state index contributed by atoms with van der Waals surface area (Å²) in [5.41, 5.74) is 1.04. The molecule has 4 nitrogen and oxygen atoms in total. The Bertz CT molecular complexity index is 561. The first-order valence-corrected chi connectivity index (χ1v) is 5.96. The van der Waals surface area contributed by atoms with Gasteiger partial charge in [0.2, 0.25) is 0 Å². The molecule has 0 aliphatic heterocycles. The topological polar surface area (TPSA) is 48.7 Å². The zero-order chi connectivity index (χ0) is 13.1. The molecule has 0 aliphatic carbocycles. The molecule has 1 aromatic heterocycles. The number of carbonyl (C=O) groups excluding carboxylic acids is 1. The first kappa shape index (κ1) is 12.7. The molecule has 0 spiro atoms. The third-order valence-electron chi connectivity index (χ3n) is 2.45. The normalized spacial score (nSPS) is 10.2. The molecular weight excluding hydrogens is 300 g/mol. The van der Waals surface area contributed by atoms with E-state index in [1.807, 2.05) is 6.07 Å². The van der Waals surface area contributed by atoms with Gasteiger partial charge in [0.15, 0.2) is 0 Å². The number of benzene rings is 1. The number of rotatable bonds is 3. The van der Waals surface area contributed by atoms with Gasteiger partial charge < -0.3 is 13.9 Å². The lowest BCUT2D eigenvalue weighted by Crippen LogP contribution is -2.05. The number of esters is 1. The second-order valence-electron chi connectivity index (χ2n) is 3.50. The summed E-state index contributed by atoms with van der Waals surface area (Å²) < 4.78 is 16.1. The zero-order valence-corrected chi connectivity index (χ0v) is 11.5. The maximum atomic E-state index is 11.7. The van der Waals surface area contributed by atoms with Gasteiger partial charge in [-0.1, -0.05) is 15.9 Å². The van der Waals surface area contributed by atoms with Crippen molar-refractivity contribution in [3.05, 3.63) is 40.6 Å². The van der Waals surface area contributed by atoms with Crippen LogP contribution in [0.1, 0.15) is 10.4 Å². The first-order chi connectivity index (χ1) is 8.67. The quantitative estimate of drug-likeness (QED) is 0.814. The molecule has 0 bridgehead atoms.